The lowest BCUT2D eigenvalue weighted by Gasteiger charge is -2.30. The standard InChI is InChI=1S/C25H37N5O4S/c1-8-14-34-21-11-10-18(35(7,32)33)15-19(21)24-26-22-20(9-2)30(28-23(22)25(31)27-24)13-12-29(16(3)4)17(5)6/h10-11,15-17H,8-9,12-14H2,1-7H3,(H,26,27,31). The van der Waals surface area contributed by atoms with Gasteiger partial charge in [0.05, 0.1) is 29.3 Å². The lowest BCUT2D eigenvalue weighted by molar-refractivity contribution is 0.165. The van der Waals surface area contributed by atoms with E-state index in [4.69, 9.17) is 9.72 Å². The van der Waals surface area contributed by atoms with E-state index in [9.17, 15) is 13.2 Å². The first kappa shape index (κ1) is 26.9. The van der Waals surface area contributed by atoms with Crippen molar-refractivity contribution >= 4 is 20.9 Å². The summed E-state index contributed by atoms with van der Waals surface area (Å²) < 4.78 is 32.1. The van der Waals surface area contributed by atoms with E-state index in [-0.39, 0.29) is 21.8 Å². The third-order valence-corrected chi connectivity index (χ3v) is 7.14. The van der Waals surface area contributed by atoms with Gasteiger partial charge in [-0.3, -0.25) is 14.4 Å². The Morgan fingerprint density at radius 2 is 1.80 bits per heavy atom. The molecule has 35 heavy (non-hydrogen) atoms. The molecule has 1 N–H and O–H groups in total. The van der Waals surface area contributed by atoms with Gasteiger partial charge in [-0.2, -0.15) is 5.10 Å². The van der Waals surface area contributed by atoms with Crippen LogP contribution in [-0.2, 0) is 22.8 Å². The zero-order chi connectivity index (χ0) is 25.9. The normalized spacial score (nSPS) is 12.4. The Bertz CT molecular complexity index is 1330. The Morgan fingerprint density at radius 3 is 2.37 bits per heavy atom. The van der Waals surface area contributed by atoms with E-state index in [2.05, 4.69) is 42.7 Å². The highest BCUT2D eigenvalue weighted by atomic mass is 32.2. The maximum atomic E-state index is 13.1. The van der Waals surface area contributed by atoms with Gasteiger partial charge in [0.2, 0.25) is 0 Å². The smallest absolute Gasteiger partial charge is 0.279 e. The molecule has 10 heteroatoms. The largest absolute Gasteiger partial charge is 0.493 e. The highest BCUT2D eigenvalue weighted by Crippen LogP contribution is 2.31. The summed E-state index contributed by atoms with van der Waals surface area (Å²) in [6, 6.07) is 5.40. The lowest BCUT2D eigenvalue weighted by Crippen LogP contribution is -2.39. The van der Waals surface area contributed by atoms with Crippen LogP contribution in [0.2, 0.25) is 0 Å². The minimum absolute atomic E-state index is 0.132. The van der Waals surface area contributed by atoms with Crippen molar-refractivity contribution < 1.29 is 13.2 Å². The number of nitrogens with one attached hydrogen (secondary N) is 1. The summed E-state index contributed by atoms with van der Waals surface area (Å²) in [5.74, 6) is 0.732. The van der Waals surface area contributed by atoms with Gasteiger partial charge < -0.3 is 9.72 Å². The molecule has 0 saturated carbocycles. The molecule has 0 fully saturated rings. The van der Waals surface area contributed by atoms with Crippen LogP contribution < -0.4 is 10.3 Å². The van der Waals surface area contributed by atoms with Gasteiger partial charge in [-0.05, 0) is 58.7 Å². The molecule has 192 valence electrons. The molecule has 3 rings (SSSR count). The van der Waals surface area contributed by atoms with E-state index < -0.39 is 9.84 Å². The van der Waals surface area contributed by atoms with E-state index in [0.717, 1.165) is 24.9 Å². The summed E-state index contributed by atoms with van der Waals surface area (Å²) in [5.41, 5.74) is 1.74. The predicted octanol–water partition coefficient (Wildman–Crippen LogP) is 3.66. The van der Waals surface area contributed by atoms with E-state index in [0.29, 0.717) is 48.5 Å². The molecule has 2 aromatic heterocycles. The number of benzene rings is 1. The van der Waals surface area contributed by atoms with Crippen LogP contribution in [0.1, 0.15) is 53.7 Å². The van der Waals surface area contributed by atoms with Crippen molar-refractivity contribution in [1.29, 1.82) is 0 Å². The van der Waals surface area contributed by atoms with Crippen LogP contribution in [0.15, 0.2) is 27.9 Å². The van der Waals surface area contributed by atoms with Crippen LogP contribution in [0, 0.1) is 0 Å². The average Bonchev–Trinajstić information content (AvgIpc) is 3.14. The van der Waals surface area contributed by atoms with Crippen LogP contribution in [0.25, 0.3) is 22.4 Å². The van der Waals surface area contributed by atoms with Crippen molar-refractivity contribution in [2.45, 2.75) is 77.9 Å². The quantitative estimate of drug-likeness (QED) is 0.425. The lowest BCUT2D eigenvalue weighted by atomic mass is 10.1. The number of hydrogen-bond donors (Lipinski definition) is 1. The number of H-pyrrole nitrogens is 1. The first-order valence-corrected chi connectivity index (χ1v) is 14.1. The van der Waals surface area contributed by atoms with Crippen LogP contribution in [0.3, 0.4) is 0 Å². The molecular formula is C25H37N5O4S. The van der Waals surface area contributed by atoms with Crippen LogP contribution in [0.4, 0.5) is 0 Å². The minimum Gasteiger partial charge on any atom is -0.493 e. The van der Waals surface area contributed by atoms with Crippen LogP contribution >= 0.6 is 0 Å². The molecule has 0 aliphatic heterocycles. The SMILES string of the molecule is CCCOc1ccc(S(C)(=O)=O)cc1-c1nc2c(CC)n(CCN(C(C)C)C(C)C)nc2c(=O)[nH]1. The molecule has 2 heterocycles. The van der Waals surface area contributed by atoms with E-state index >= 15 is 0 Å². The summed E-state index contributed by atoms with van der Waals surface area (Å²) >= 11 is 0. The monoisotopic (exact) mass is 503 g/mol. The number of ether oxygens (including phenoxy) is 1. The topological polar surface area (TPSA) is 110 Å². The van der Waals surface area contributed by atoms with Crippen molar-refractivity contribution in [1.82, 2.24) is 24.6 Å². The Hall–Kier alpha value is -2.72. The first-order chi connectivity index (χ1) is 16.5. The van der Waals surface area contributed by atoms with Gasteiger partial charge in [0.1, 0.15) is 17.1 Å². The molecule has 0 bridgehead atoms. The summed E-state index contributed by atoms with van der Waals surface area (Å²) in [7, 11) is -3.46. The molecule has 0 atom stereocenters. The molecule has 0 aliphatic rings. The summed E-state index contributed by atoms with van der Waals surface area (Å²) in [4.78, 5) is 23.1. The Morgan fingerprint density at radius 1 is 1.11 bits per heavy atom. The average molecular weight is 504 g/mol. The number of rotatable bonds is 11. The van der Waals surface area contributed by atoms with E-state index in [1.165, 1.54) is 12.1 Å². The van der Waals surface area contributed by atoms with Crippen molar-refractivity contribution in [3.8, 4) is 17.1 Å². The number of aryl methyl sites for hydroxylation is 1. The molecule has 0 unspecified atom stereocenters. The van der Waals surface area contributed by atoms with E-state index in [1.807, 2.05) is 18.5 Å². The molecule has 0 saturated heterocycles. The van der Waals surface area contributed by atoms with E-state index in [1.54, 1.807) is 6.07 Å². The molecule has 0 amide bonds. The van der Waals surface area contributed by atoms with Crippen LogP contribution in [0.5, 0.6) is 5.75 Å². The van der Waals surface area contributed by atoms with Crippen molar-refractivity contribution in [3.05, 3.63) is 34.2 Å². The zero-order valence-corrected chi connectivity index (χ0v) is 22.6. The van der Waals surface area contributed by atoms with Gasteiger partial charge in [0.15, 0.2) is 15.4 Å². The summed E-state index contributed by atoms with van der Waals surface area (Å²) in [5, 5.41) is 4.59. The third-order valence-electron chi connectivity index (χ3n) is 6.03. The second kappa shape index (κ2) is 10.9. The number of fused-ring (bicyclic) bond motifs is 1. The number of hydrogen-bond acceptors (Lipinski definition) is 7. The maximum absolute atomic E-state index is 13.1. The molecule has 9 nitrogen and oxygen atoms in total. The van der Waals surface area contributed by atoms with Gasteiger partial charge >= 0.3 is 0 Å². The number of nitrogens with zero attached hydrogens (tertiary/aromatic N) is 4. The number of sulfone groups is 1. The molecule has 0 spiro atoms. The highest BCUT2D eigenvalue weighted by Gasteiger charge is 2.21. The fraction of sp³-hybridized carbons (Fsp3) is 0.560. The number of aromatic amines is 1. The van der Waals surface area contributed by atoms with Gasteiger partial charge in [-0.1, -0.05) is 13.8 Å². The fourth-order valence-corrected chi connectivity index (χ4v) is 4.96. The molecule has 0 aliphatic carbocycles. The highest BCUT2D eigenvalue weighted by molar-refractivity contribution is 7.90. The Labute approximate surface area is 207 Å². The third kappa shape index (κ3) is 5.92. The second-order valence-corrected chi connectivity index (χ2v) is 11.4. The summed E-state index contributed by atoms with van der Waals surface area (Å²) in [6.45, 7) is 14.6. The predicted molar refractivity (Wildman–Crippen MR) is 139 cm³/mol. The molecule has 3 aromatic rings. The zero-order valence-electron chi connectivity index (χ0n) is 21.8. The minimum atomic E-state index is -3.46. The van der Waals surface area contributed by atoms with Gasteiger partial charge in [0.25, 0.3) is 5.56 Å². The fourth-order valence-electron chi connectivity index (χ4n) is 4.31. The van der Waals surface area contributed by atoms with Gasteiger partial charge in [-0.15, -0.1) is 0 Å². The maximum Gasteiger partial charge on any atom is 0.279 e. The van der Waals surface area contributed by atoms with Crippen LogP contribution in [-0.4, -0.2) is 64.6 Å². The van der Waals surface area contributed by atoms with Gasteiger partial charge in [-0.25, -0.2) is 13.4 Å². The molecule has 1 aromatic carbocycles. The van der Waals surface area contributed by atoms with Crippen molar-refractivity contribution in [2.75, 3.05) is 19.4 Å². The molecule has 0 radical (unpaired) electrons. The van der Waals surface area contributed by atoms with Crippen molar-refractivity contribution in [3.63, 3.8) is 0 Å². The Kier molecular flexibility index (Phi) is 8.38. The Balaban J connectivity index is 2.13. The summed E-state index contributed by atoms with van der Waals surface area (Å²) in [6.07, 6.45) is 2.58. The first-order valence-electron chi connectivity index (χ1n) is 12.2. The van der Waals surface area contributed by atoms with Crippen molar-refractivity contribution in [2.24, 2.45) is 0 Å². The second-order valence-electron chi connectivity index (χ2n) is 9.34. The number of aromatic nitrogens is 4. The van der Waals surface area contributed by atoms with Gasteiger partial charge in [0, 0.05) is 24.9 Å². The molecular weight excluding hydrogens is 466 g/mol.